The molecule has 9 nitrogen and oxygen atoms in total. The van der Waals surface area contributed by atoms with Crippen LogP contribution in [-0.4, -0.2) is 30.8 Å². The van der Waals surface area contributed by atoms with Gasteiger partial charge in [-0.25, -0.2) is 9.67 Å². The summed E-state index contributed by atoms with van der Waals surface area (Å²) in [6.45, 7) is 3.40. The third kappa shape index (κ3) is 2.66. The van der Waals surface area contributed by atoms with E-state index in [0.29, 0.717) is 22.8 Å². The van der Waals surface area contributed by atoms with Gasteiger partial charge in [0.15, 0.2) is 5.82 Å². The highest BCUT2D eigenvalue weighted by molar-refractivity contribution is 5.71. The highest BCUT2D eigenvalue weighted by Crippen LogP contribution is 2.22. The summed E-state index contributed by atoms with van der Waals surface area (Å²) in [5.41, 5.74) is 7.02. The largest absolute Gasteiger partial charge is 0.481 e. The number of carbonyl (C=O) groups is 1. The highest BCUT2D eigenvalue weighted by Gasteiger charge is 2.18. The molecule has 0 aliphatic heterocycles. The number of pyridine rings is 1. The Morgan fingerprint density at radius 2 is 2.14 bits per heavy atom. The van der Waals surface area contributed by atoms with Gasteiger partial charge in [-0.15, -0.1) is 0 Å². The second-order valence-electron chi connectivity index (χ2n) is 4.46. The third-order valence-corrected chi connectivity index (χ3v) is 3.07. The van der Waals surface area contributed by atoms with Crippen LogP contribution in [0.15, 0.2) is 12.1 Å². The van der Waals surface area contributed by atoms with E-state index in [1.165, 1.54) is 16.8 Å². The van der Waals surface area contributed by atoms with Gasteiger partial charge in [-0.05, 0) is 19.9 Å². The van der Waals surface area contributed by atoms with Crippen LogP contribution in [0.3, 0.4) is 0 Å². The van der Waals surface area contributed by atoms with Crippen LogP contribution in [0.2, 0.25) is 0 Å². The molecule has 110 valence electrons. The van der Waals surface area contributed by atoms with Crippen molar-refractivity contribution in [1.29, 1.82) is 0 Å². The molecule has 0 radical (unpaired) electrons. The molecule has 2 heterocycles. The van der Waals surface area contributed by atoms with E-state index in [9.17, 15) is 14.9 Å². The number of carboxylic acid groups (broad SMARTS) is 1. The van der Waals surface area contributed by atoms with Crippen molar-refractivity contribution in [1.82, 2.24) is 14.8 Å². The Hall–Kier alpha value is -2.97. The van der Waals surface area contributed by atoms with Gasteiger partial charge in [0.05, 0.1) is 17.0 Å². The second-order valence-corrected chi connectivity index (χ2v) is 4.46. The Kier molecular flexibility index (Phi) is 3.57. The number of aromatic nitrogens is 3. The Morgan fingerprint density at radius 3 is 2.67 bits per heavy atom. The highest BCUT2D eigenvalue weighted by atomic mass is 16.6. The van der Waals surface area contributed by atoms with Gasteiger partial charge < -0.3 is 10.8 Å². The molecule has 3 N–H and O–H groups in total. The molecule has 2 aromatic heterocycles. The van der Waals surface area contributed by atoms with Crippen molar-refractivity contribution in [2.45, 2.75) is 20.3 Å². The first-order chi connectivity index (χ1) is 9.81. The molecule has 0 bridgehead atoms. The predicted molar refractivity (Wildman–Crippen MR) is 73.2 cm³/mol. The first kappa shape index (κ1) is 14.4. The second kappa shape index (κ2) is 5.19. The van der Waals surface area contributed by atoms with Gasteiger partial charge >= 0.3 is 11.7 Å². The number of carboxylic acids is 1. The molecule has 0 amide bonds. The van der Waals surface area contributed by atoms with Crippen molar-refractivity contribution in [3.8, 4) is 5.82 Å². The summed E-state index contributed by atoms with van der Waals surface area (Å²) >= 11 is 0. The zero-order valence-corrected chi connectivity index (χ0v) is 11.4. The number of nitrogens with zero attached hydrogens (tertiary/aromatic N) is 4. The number of nitrogens with two attached hydrogens (primary N) is 1. The topological polar surface area (TPSA) is 137 Å². The fourth-order valence-corrected chi connectivity index (χ4v) is 2.03. The molecule has 0 aromatic carbocycles. The van der Waals surface area contributed by atoms with Crippen LogP contribution in [0.1, 0.15) is 17.0 Å². The van der Waals surface area contributed by atoms with Crippen LogP contribution in [0.4, 0.5) is 11.5 Å². The van der Waals surface area contributed by atoms with Gasteiger partial charge in [0.25, 0.3) is 0 Å². The SMILES string of the molecule is Cc1nn(-c2ccc([N+](=O)[O-])c(N)n2)c(C)c1CC(=O)O. The minimum Gasteiger partial charge on any atom is -0.481 e. The summed E-state index contributed by atoms with van der Waals surface area (Å²) < 4.78 is 1.42. The minimum absolute atomic E-state index is 0.153. The summed E-state index contributed by atoms with van der Waals surface area (Å²) in [6.07, 6.45) is -0.153. The summed E-state index contributed by atoms with van der Waals surface area (Å²) in [4.78, 5) is 24.9. The molecule has 2 rings (SSSR count). The maximum absolute atomic E-state index is 10.8. The van der Waals surface area contributed by atoms with E-state index >= 15 is 0 Å². The molecular weight excluding hydrogens is 278 g/mol. The van der Waals surface area contributed by atoms with E-state index in [1.54, 1.807) is 13.8 Å². The molecule has 9 heteroatoms. The molecule has 21 heavy (non-hydrogen) atoms. The zero-order chi connectivity index (χ0) is 15.7. The predicted octanol–water partition coefficient (Wildman–Crippen LogP) is 1.00. The van der Waals surface area contributed by atoms with E-state index in [1.807, 2.05) is 0 Å². The fourth-order valence-electron chi connectivity index (χ4n) is 2.03. The molecule has 0 aliphatic carbocycles. The Bertz CT molecular complexity index is 737. The third-order valence-electron chi connectivity index (χ3n) is 3.07. The number of aryl methyl sites for hydroxylation is 1. The van der Waals surface area contributed by atoms with Crippen molar-refractivity contribution in [3.05, 3.63) is 39.2 Å². The standard InChI is InChI=1S/C12H13N5O4/c1-6-8(5-11(18)19)7(2)16(15-6)10-4-3-9(17(20)21)12(13)14-10/h3-4H,5H2,1-2H3,(H2,13,14)(H,18,19). The van der Waals surface area contributed by atoms with Gasteiger partial charge in [0.2, 0.25) is 5.82 Å². The molecule has 0 fully saturated rings. The van der Waals surface area contributed by atoms with Crippen LogP contribution in [0.5, 0.6) is 0 Å². The fraction of sp³-hybridized carbons (Fsp3) is 0.250. The maximum atomic E-state index is 10.8. The molecule has 0 aliphatic rings. The van der Waals surface area contributed by atoms with Gasteiger partial charge in [-0.1, -0.05) is 0 Å². The summed E-state index contributed by atoms with van der Waals surface area (Å²) in [5.74, 6) is -0.878. The minimum atomic E-state index is -0.961. The van der Waals surface area contributed by atoms with Crippen LogP contribution in [-0.2, 0) is 11.2 Å². The molecule has 0 saturated heterocycles. The van der Waals surface area contributed by atoms with Crippen LogP contribution >= 0.6 is 0 Å². The normalized spacial score (nSPS) is 10.6. The Morgan fingerprint density at radius 1 is 1.48 bits per heavy atom. The number of hydrogen-bond donors (Lipinski definition) is 2. The van der Waals surface area contributed by atoms with Gasteiger partial charge in [-0.2, -0.15) is 5.10 Å². The van der Waals surface area contributed by atoms with Crippen LogP contribution in [0.25, 0.3) is 5.82 Å². The number of hydrogen-bond acceptors (Lipinski definition) is 6. The summed E-state index contributed by atoms with van der Waals surface area (Å²) in [6, 6.07) is 2.66. The Balaban J connectivity index is 2.50. The number of nitrogen functional groups attached to an aromatic ring is 1. The average Bonchev–Trinajstić information content (AvgIpc) is 2.65. The van der Waals surface area contributed by atoms with Crippen molar-refractivity contribution < 1.29 is 14.8 Å². The average molecular weight is 291 g/mol. The molecule has 0 atom stereocenters. The lowest BCUT2D eigenvalue weighted by molar-refractivity contribution is -0.384. The zero-order valence-electron chi connectivity index (χ0n) is 11.4. The molecule has 2 aromatic rings. The van der Waals surface area contributed by atoms with Crippen molar-refractivity contribution >= 4 is 17.5 Å². The number of aliphatic carboxylic acids is 1. The van der Waals surface area contributed by atoms with Gasteiger partial charge in [-0.3, -0.25) is 14.9 Å². The lowest BCUT2D eigenvalue weighted by Crippen LogP contribution is -2.07. The first-order valence-electron chi connectivity index (χ1n) is 5.99. The van der Waals surface area contributed by atoms with Gasteiger partial charge in [0.1, 0.15) is 0 Å². The van der Waals surface area contributed by atoms with E-state index in [4.69, 9.17) is 10.8 Å². The summed E-state index contributed by atoms with van der Waals surface area (Å²) in [5, 5.41) is 23.8. The smallest absolute Gasteiger partial charge is 0.311 e. The summed E-state index contributed by atoms with van der Waals surface area (Å²) in [7, 11) is 0. The lowest BCUT2D eigenvalue weighted by atomic mass is 10.1. The lowest BCUT2D eigenvalue weighted by Gasteiger charge is -2.05. The quantitative estimate of drug-likeness (QED) is 0.633. The van der Waals surface area contributed by atoms with Gasteiger partial charge in [0, 0.05) is 17.3 Å². The van der Waals surface area contributed by atoms with Crippen LogP contribution in [0, 0.1) is 24.0 Å². The van der Waals surface area contributed by atoms with Crippen molar-refractivity contribution in [3.63, 3.8) is 0 Å². The number of nitro groups is 1. The maximum Gasteiger partial charge on any atom is 0.311 e. The monoisotopic (exact) mass is 291 g/mol. The number of rotatable bonds is 4. The molecule has 0 unspecified atom stereocenters. The molecular formula is C12H13N5O4. The van der Waals surface area contributed by atoms with Crippen LogP contribution < -0.4 is 5.73 Å². The van der Waals surface area contributed by atoms with Crippen molar-refractivity contribution in [2.24, 2.45) is 0 Å². The molecule has 0 spiro atoms. The molecule has 0 saturated carbocycles. The Labute approximate surface area is 119 Å². The van der Waals surface area contributed by atoms with Crippen molar-refractivity contribution in [2.75, 3.05) is 5.73 Å². The number of anilines is 1. The van der Waals surface area contributed by atoms with E-state index in [0.717, 1.165) is 0 Å². The van der Waals surface area contributed by atoms with E-state index in [2.05, 4.69) is 10.1 Å². The van der Waals surface area contributed by atoms with E-state index < -0.39 is 10.9 Å². The first-order valence-corrected chi connectivity index (χ1v) is 5.99. The van der Waals surface area contributed by atoms with E-state index in [-0.39, 0.29) is 17.9 Å².